The summed E-state index contributed by atoms with van der Waals surface area (Å²) in [6.07, 6.45) is 0.675. The molecule has 9 nitrogen and oxygen atoms in total. The van der Waals surface area contributed by atoms with Gasteiger partial charge in [0.25, 0.3) is 0 Å². The zero-order chi connectivity index (χ0) is 21.1. The average molecular weight is 419 g/mol. The third kappa shape index (κ3) is 4.24. The lowest BCUT2D eigenvalue weighted by atomic mass is 9.92. The number of ether oxygens (including phenoxy) is 1. The molecule has 10 heteroatoms. The maximum absolute atomic E-state index is 12.9. The summed E-state index contributed by atoms with van der Waals surface area (Å²) < 4.78 is 5.52. The fraction of sp³-hybridized carbons (Fsp3) is 0.368. The molecule has 0 fully saturated rings. The van der Waals surface area contributed by atoms with Crippen molar-refractivity contribution in [2.75, 3.05) is 27.4 Å². The molecule has 0 saturated carbocycles. The van der Waals surface area contributed by atoms with Crippen LogP contribution in [0.1, 0.15) is 17.5 Å². The van der Waals surface area contributed by atoms with Gasteiger partial charge in [0.05, 0.1) is 18.2 Å². The minimum Gasteiger partial charge on any atom is -0.480 e. The van der Waals surface area contributed by atoms with Gasteiger partial charge in [-0.05, 0) is 29.3 Å². The molecule has 1 aromatic carbocycles. The van der Waals surface area contributed by atoms with Crippen molar-refractivity contribution < 1.29 is 24.3 Å². The first-order chi connectivity index (χ1) is 13.8. The summed E-state index contributed by atoms with van der Waals surface area (Å²) in [5.74, 6) is -1.21. The fourth-order valence-electron chi connectivity index (χ4n) is 3.32. The number of hydrogen-bond acceptors (Lipinski definition) is 7. The van der Waals surface area contributed by atoms with Gasteiger partial charge in [-0.25, -0.2) is 19.7 Å². The molecule has 1 N–H and O–H groups in total. The van der Waals surface area contributed by atoms with Crippen molar-refractivity contribution >= 4 is 34.9 Å². The number of rotatable bonds is 6. The molecule has 0 aromatic heterocycles. The number of benzene rings is 1. The van der Waals surface area contributed by atoms with E-state index in [1.807, 2.05) is 0 Å². The second-order valence-electron chi connectivity index (χ2n) is 6.50. The number of nitriles is 1. The molecule has 2 unspecified atom stereocenters. The van der Waals surface area contributed by atoms with Gasteiger partial charge in [-0.1, -0.05) is 11.6 Å². The van der Waals surface area contributed by atoms with Gasteiger partial charge in [0.1, 0.15) is 18.0 Å². The first kappa shape index (κ1) is 20.8. The highest BCUT2D eigenvalue weighted by Gasteiger charge is 2.38. The van der Waals surface area contributed by atoms with Crippen LogP contribution in [0.15, 0.2) is 29.3 Å². The summed E-state index contributed by atoms with van der Waals surface area (Å²) in [7, 11) is 3.09. The Morgan fingerprint density at radius 3 is 2.90 bits per heavy atom. The number of aliphatic imine (C=N–C) groups is 1. The molecule has 0 saturated heterocycles. The van der Waals surface area contributed by atoms with Crippen LogP contribution in [0, 0.1) is 11.3 Å². The molecule has 3 rings (SSSR count). The second-order valence-corrected chi connectivity index (χ2v) is 6.94. The molecule has 152 valence electrons. The molecule has 1 amide bonds. The molecule has 2 aliphatic rings. The number of amidine groups is 1. The maximum atomic E-state index is 12.9. The predicted octanol–water partition coefficient (Wildman–Crippen LogP) is 1.53. The zero-order valence-electron chi connectivity index (χ0n) is 15.8. The van der Waals surface area contributed by atoms with E-state index in [4.69, 9.17) is 21.2 Å². The Kier molecular flexibility index (Phi) is 6.17. The van der Waals surface area contributed by atoms with Gasteiger partial charge in [0.15, 0.2) is 6.73 Å². The van der Waals surface area contributed by atoms with Crippen LogP contribution in [0.2, 0.25) is 5.02 Å². The highest BCUT2D eigenvalue weighted by molar-refractivity contribution is 6.30. The Morgan fingerprint density at radius 1 is 1.55 bits per heavy atom. The monoisotopic (exact) mass is 418 g/mol. The van der Waals surface area contributed by atoms with Gasteiger partial charge in [-0.2, -0.15) is 5.26 Å². The van der Waals surface area contributed by atoms with E-state index in [0.717, 1.165) is 0 Å². The van der Waals surface area contributed by atoms with Gasteiger partial charge in [0.2, 0.25) is 5.91 Å². The molecular weight excluding hydrogens is 400 g/mol. The number of nitrogens with zero attached hydrogens (tertiary/aromatic N) is 4. The molecule has 0 aliphatic carbocycles. The molecule has 0 radical (unpaired) electrons. The summed E-state index contributed by atoms with van der Waals surface area (Å²) in [5.41, 5.74) is 1.31. The highest BCUT2D eigenvalue weighted by atomic mass is 35.5. The fourth-order valence-corrected chi connectivity index (χ4v) is 3.50. The van der Waals surface area contributed by atoms with Gasteiger partial charge in [-0.3, -0.25) is 4.79 Å². The van der Waals surface area contributed by atoms with E-state index < -0.39 is 24.0 Å². The SMILES string of the molecule is COC1CN(C(CC2=NCON2C)C(=O)O)C(=O)C=C1c1cc(Cl)ccc1C#N. The molecule has 2 atom stereocenters. The van der Waals surface area contributed by atoms with Crippen molar-refractivity contribution in [3.05, 3.63) is 40.4 Å². The maximum Gasteiger partial charge on any atom is 0.326 e. The normalized spacial score (nSPS) is 20.2. The van der Waals surface area contributed by atoms with Crippen LogP contribution in [0.4, 0.5) is 0 Å². The highest BCUT2D eigenvalue weighted by Crippen LogP contribution is 2.31. The standard InChI is InChI=1S/C19H19ClN4O5/c1-23-17(22-10-29-23)7-15(19(26)27)24-9-16(28-2)14(6-18(24)25)13-5-12(20)4-3-11(13)8-21/h3-6,15-16H,7,9-10H2,1-2H3,(H,26,27). The lowest BCUT2D eigenvalue weighted by molar-refractivity contribution is -0.149. The Labute approximate surface area is 172 Å². The van der Waals surface area contributed by atoms with Crippen LogP contribution < -0.4 is 0 Å². The summed E-state index contributed by atoms with van der Waals surface area (Å²) in [4.78, 5) is 35.3. The molecule has 1 aromatic rings. The van der Waals surface area contributed by atoms with Crippen LogP contribution in [0.5, 0.6) is 0 Å². The van der Waals surface area contributed by atoms with Gasteiger partial charge in [-0.15, -0.1) is 0 Å². The Bertz CT molecular complexity index is 939. The Morgan fingerprint density at radius 2 is 2.31 bits per heavy atom. The molecule has 0 spiro atoms. The van der Waals surface area contributed by atoms with Gasteiger partial charge < -0.3 is 14.7 Å². The topological polar surface area (TPSA) is 115 Å². The Balaban J connectivity index is 1.95. The summed E-state index contributed by atoms with van der Waals surface area (Å²) in [5, 5.41) is 20.9. The number of hydroxylamine groups is 2. The smallest absolute Gasteiger partial charge is 0.326 e. The summed E-state index contributed by atoms with van der Waals surface area (Å²) in [6, 6.07) is 5.68. The largest absolute Gasteiger partial charge is 0.480 e. The number of carbonyl (C=O) groups excluding carboxylic acids is 1. The van der Waals surface area contributed by atoms with E-state index in [1.54, 1.807) is 25.2 Å². The number of carboxylic acid groups (broad SMARTS) is 1. The third-order valence-electron chi connectivity index (χ3n) is 4.87. The first-order valence-corrected chi connectivity index (χ1v) is 9.11. The number of halogens is 1. The van der Waals surface area contributed by atoms with Crippen LogP contribution >= 0.6 is 11.6 Å². The average Bonchev–Trinajstić information content (AvgIpc) is 3.10. The minimum atomic E-state index is -1.16. The van der Waals surface area contributed by atoms with Crippen LogP contribution in [-0.2, 0) is 19.2 Å². The van der Waals surface area contributed by atoms with Crippen molar-refractivity contribution in [2.24, 2.45) is 4.99 Å². The van der Waals surface area contributed by atoms with Crippen molar-refractivity contribution in [1.29, 1.82) is 5.26 Å². The van der Waals surface area contributed by atoms with E-state index in [9.17, 15) is 20.0 Å². The number of methoxy groups -OCH3 is 1. The molecular formula is C19H19ClN4O5. The molecule has 2 aliphatic heterocycles. The van der Waals surface area contributed by atoms with E-state index in [2.05, 4.69) is 11.1 Å². The number of aliphatic carboxylic acids is 1. The Hall–Kier alpha value is -2.93. The van der Waals surface area contributed by atoms with Crippen LogP contribution in [0.25, 0.3) is 5.57 Å². The van der Waals surface area contributed by atoms with Crippen molar-refractivity contribution in [3.63, 3.8) is 0 Å². The van der Waals surface area contributed by atoms with Gasteiger partial charge >= 0.3 is 5.97 Å². The number of carboxylic acids is 1. The van der Waals surface area contributed by atoms with Crippen molar-refractivity contribution in [2.45, 2.75) is 18.6 Å². The van der Waals surface area contributed by atoms with E-state index in [1.165, 1.54) is 23.1 Å². The van der Waals surface area contributed by atoms with Crippen LogP contribution in [0.3, 0.4) is 0 Å². The third-order valence-corrected chi connectivity index (χ3v) is 5.10. The quantitative estimate of drug-likeness (QED) is 0.744. The minimum absolute atomic E-state index is 0.00219. The van der Waals surface area contributed by atoms with Gasteiger partial charge in [0, 0.05) is 31.7 Å². The van der Waals surface area contributed by atoms with E-state index >= 15 is 0 Å². The molecule has 29 heavy (non-hydrogen) atoms. The number of hydrogen-bond donors (Lipinski definition) is 1. The summed E-state index contributed by atoms with van der Waals surface area (Å²) in [6.45, 7) is 0.121. The summed E-state index contributed by atoms with van der Waals surface area (Å²) >= 11 is 6.07. The molecule has 0 bridgehead atoms. The molecule has 2 heterocycles. The lowest BCUT2D eigenvalue weighted by Crippen LogP contribution is -2.52. The number of carbonyl (C=O) groups is 2. The predicted molar refractivity (Wildman–Crippen MR) is 104 cm³/mol. The van der Waals surface area contributed by atoms with Crippen molar-refractivity contribution in [1.82, 2.24) is 9.96 Å². The van der Waals surface area contributed by atoms with Crippen LogP contribution in [-0.4, -0.2) is 72.4 Å². The zero-order valence-corrected chi connectivity index (χ0v) is 16.6. The van der Waals surface area contributed by atoms with E-state index in [-0.39, 0.29) is 19.7 Å². The number of amides is 1. The van der Waals surface area contributed by atoms with Crippen molar-refractivity contribution in [3.8, 4) is 6.07 Å². The second kappa shape index (κ2) is 8.61. The lowest BCUT2D eigenvalue weighted by Gasteiger charge is -2.36. The van der Waals surface area contributed by atoms with E-state index in [0.29, 0.717) is 27.6 Å². The first-order valence-electron chi connectivity index (χ1n) is 8.73.